The van der Waals surface area contributed by atoms with E-state index in [9.17, 15) is 4.79 Å². The lowest BCUT2D eigenvalue weighted by atomic mass is 9.85. The normalized spacial score (nSPS) is 16.2. The fraction of sp³-hybridized carbons (Fsp3) is 0.304. The van der Waals surface area contributed by atoms with Gasteiger partial charge in [-0.25, -0.2) is 0 Å². The molecular formula is C23H22N2O3. The Labute approximate surface area is 163 Å². The first-order valence-corrected chi connectivity index (χ1v) is 9.81. The van der Waals surface area contributed by atoms with Gasteiger partial charge in [0.05, 0.1) is 25.5 Å². The van der Waals surface area contributed by atoms with E-state index in [4.69, 9.17) is 9.47 Å². The Morgan fingerprint density at radius 3 is 2.68 bits per heavy atom. The summed E-state index contributed by atoms with van der Waals surface area (Å²) in [7, 11) is 0. The summed E-state index contributed by atoms with van der Waals surface area (Å²) in [5.74, 6) is 0.872. The molecular weight excluding hydrogens is 352 g/mol. The standard InChI is InChI=1S/C23H22N2O3/c26-23-17-5-2-1-4-16(17)22-21-18(8-9-24-22)20(7-6-19(21)23)28-13-3-10-25-11-14-27-15-12-25/h1-2,4-9H,3,10-15H2. The summed E-state index contributed by atoms with van der Waals surface area (Å²) in [6, 6.07) is 13.4. The number of carbonyl (C=O) groups is 1. The quantitative estimate of drug-likeness (QED) is 0.500. The zero-order valence-corrected chi connectivity index (χ0v) is 15.7. The highest BCUT2D eigenvalue weighted by molar-refractivity contribution is 6.25. The first kappa shape index (κ1) is 17.3. The molecule has 2 aromatic carbocycles. The highest BCUT2D eigenvalue weighted by atomic mass is 16.5. The molecule has 2 aliphatic rings. The van der Waals surface area contributed by atoms with Gasteiger partial charge in [0.1, 0.15) is 5.75 Å². The third kappa shape index (κ3) is 2.97. The second-order valence-corrected chi connectivity index (χ2v) is 7.22. The Balaban J connectivity index is 1.41. The van der Waals surface area contributed by atoms with Crippen LogP contribution >= 0.6 is 0 Å². The average molecular weight is 374 g/mol. The molecule has 1 aliphatic heterocycles. The summed E-state index contributed by atoms with van der Waals surface area (Å²) >= 11 is 0. The molecule has 0 unspecified atom stereocenters. The maximum Gasteiger partial charge on any atom is 0.194 e. The van der Waals surface area contributed by atoms with Gasteiger partial charge in [-0.1, -0.05) is 24.3 Å². The first-order chi connectivity index (χ1) is 13.8. The number of benzene rings is 2. The van der Waals surface area contributed by atoms with E-state index in [-0.39, 0.29) is 5.78 Å². The third-order valence-electron chi connectivity index (χ3n) is 5.54. The van der Waals surface area contributed by atoms with Crippen LogP contribution in [0.2, 0.25) is 0 Å². The van der Waals surface area contributed by atoms with Crippen molar-refractivity contribution in [1.82, 2.24) is 9.88 Å². The van der Waals surface area contributed by atoms with Gasteiger partial charge in [0.2, 0.25) is 0 Å². The Kier molecular flexibility index (Phi) is 4.55. The molecule has 0 saturated carbocycles. The summed E-state index contributed by atoms with van der Waals surface area (Å²) in [5, 5.41) is 1.86. The molecule has 1 saturated heterocycles. The zero-order valence-electron chi connectivity index (χ0n) is 15.7. The van der Waals surface area contributed by atoms with E-state index in [1.165, 1.54) is 0 Å². The van der Waals surface area contributed by atoms with Gasteiger partial charge in [-0.2, -0.15) is 0 Å². The number of carbonyl (C=O) groups excluding carboxylic acids is 1. The van der Waals surface area contributed by atoms with Crippen LogP contribution < -0.4 is 4.74 Å². The molecule has 5 nitrogen and oxygen atoms in total. The van der Waals surface area contributed by atoms with E-state index < -0.39 is 0 Å². The van der Waals surface area contributed by atoms with Crippen LogP contribution in [0.5, 0.6) is 5.75 Å². The van der Waals surface area contributed by atoms with E-state index in [1.807, 2.05) is 42.5 Å². The molecule has 5 rings (SSSR count). The second-order valence-electron chi connectivity index (χ2n) is 7.22. The molecule has 0 amide bonds. The van der Waals surface area contributed by atoms with Crippen LogP contribution in [0.3, 0.4) is 0 Å². The number of nitrogens with zero attached hydrogens (tertiary/aromatic N) is 2. The first-order valence-electron chi connectivity index (χ1n) is 9.81. The maximum absolute atomic E-state index is 13.0. The van der Waals surface area contributed by atoms with E-state index in [0.29, 0.717) is 17.7 Å². The predicted octanol–water partition coefficient (Wildman–Crippen LogP) is 3.55. The Hall–Kier alpha value is -2.76. The van der Waals surface area contributed by atoms with Gasteiger partial charge < -0.3 is 9.47 Å². The molecule has 3 aromatic rings. The van der Waals surface area contributed by atoms with Crippen LogP contribution in [-0.4, -0.2) is 55.1 Å². The van der Waals surface area contributed by atoms with Crippen LogP contribution in [0.1, 0.15) is 22.3 Å². The van der Waals surface area contributed by atoms with Crippen molar-refractivity contribution in [3.63, 3.8) is 0 Å². The van der Waals surface area contributed by atoms with Crippen LogP contribution in [0.4, 0.5) is 0 Å². The lowest BCUT2D eigenvalue weighted by molar-refractivity contribution is 0.0358. The lowest BCUT2D eigenvalue weighted by Crippen LogP contribution is -2.37. The summed E-state index contributed by atoms with van der Waals surface area (Å²) < 4.78 is 11.5. The molecule has 1 aromatic heterocycles. The lowest BCUT2D eigenvalue weighted by Gasteiger charge is -2.26. The largest absolute Gasteiger partial charge is 0.493 e. The van der Waals surface area contributed by atoms with Crippen molar-refractivity contribution < 1.29 is 14.3 Å². The average Bonchev–Trinajstić information content (AvgIpc) is 2.76. The fourth-order valence-electron chi connectivity index (χ4n) is 4.12. The predicted molar refractivity (Wildman–Crippen MR) is 108 cm³/mol. The number of pyridine rings is 1. The molecule has 0 radical (unpaired) electrons. The summed E-state index contributed by atoms with van der Waals surface area (Å²) in [5.41, 5.74) is 3.18. The van der Waals surface area contributed by atoms with Crippen molar-refractivity contribution in [3.8, 4) is 17.0 Å². The number of aromatic nitrogens is 1. The van der Waals surface area contributed by atoms with Gasteiger partial charge in [-0.05, 0) is 24.6 Å². The number of ether oxygens (including phenoxy) is 2. The van der Waals surface area contributed by atoms with Gasteiger partial charge in [-0.15, -0.1) is 0 Å². The Morgan fingerprint density at radius 2 is 1.82 bits per heavy atom. The van der Waals surface area contributed by atoms with Gasteiger partial charge in [0, 0.05) is 53.3 Å². The SMILES string of the molecule is O=C1c2ccccc2-c2nccc3c(OCCCN4CCOCC4)ccc1c23. The van der Waals surface area contributed by atoms with Gasteiger partial charge >= 0.3 is 0 Å². The van der Waals surface area contributed by atoms with E-state index >= 15 is 0 Å². The number of hydrogen-bond acceptors (Lipinski definition) is 5. The van der Waals surface area contributed by atoms with E-state index in [1.54, 1.807) is 6.20 Å². The Bertz CT molecular complexity index is 1040. The maximum atomic E-state index is 13.0. The van der Waals surface area contributed by atoms with Crippen LogP contribution in [0.25, 0.3) is 22.0 Å². The molecule has 1 aliphatic carbocycles. The molecule has 142 valence electrons. The van der Waals surface area contributed by atoms with E-state index in [2.05, 4.69) is 9.88 Å². The topological polar surface area (TPSA) is 51.7 Å². The number of rotatable bonds is 5. The molecule has 28 heavy (non-hydrogen) atoms. The highest BCUT2D eigenvalue weighted by Gasteiger charge is 2.26. The number of fused-ring (bicyclic) bond motifs is 2. The number of ketones is 1. The van der Waals surface area contributed by atoms with Crippen LogP contribution in [0, 0.1) is 0 Å². The van der Waals surface area contributed by atoms with Crippen LogP contribution in [-0.2, 0) is 4.74 Å². The molecule has 0 N–H and O–H groups in total. The molecule has 5 heteroatoms. The molecule has 0 spiro atoms. The molecule has 1 fully saturated rings. The second kappa shape index (κ2) is 7.34. The fourth-order valence-corrected chi connectivity index (χ4v) is 4.12. The third-order valence-corrected chi connectivity index (χ3v) is 5.54. The van der Waals surface area contributed by atoms with Gasteiger partial charge in [-0.3, -0.25) is 14.7 Å². The van der Waals surface area contributed by atoms with Crippen molar-refractivity contribution in [1.29, 1.82) is 0 Å². The van der Waals surface area contributed by atoms with E-state index in [0.717, 1.165) is 67.0 Å². The summed E-state index contributed by atoms with van der Waals surface area (Å²) in [6.07, 6.45) is 2.76. The van der Waals surface area contributed by atoms with Gasteiger partial charge in [0.15, 0.2) is 5.78 Å². The number of hydrogen-bond donors (Lipinski definition) is 0. The minimum Gasteiger partial charge on any atom is -0.493 e. The van der Waals surface area contributed by atoms with Crippen molar-refractivity contribution in [2.75, 3.05) is 39.5 Å². The minimum atomic E-state index is 0.0555. The van der Waals surface area contributed by atoms with Crippen molar-refractivity contribution in [3.05, 3.63) is 59.8 Å². The van der Waals surface area contributed by atoms with Crippen molar-refractivity contribution in [2.24, 2.45) is 0 Å². The number of morpholine rings is 1. The summed E-state index contributed by atoms with van der Waals surface area (Å²) in [6.45, 7) is 5.28. The van der Waals surface area contributed by atoms with Gasteiger partial charge in [0.25, 0.3) is 0 Å². The van der Waals surface area contributed by atoms with Crippen LogP contribution in [0.15, 0.2) is 48.7 Å². The van der Waals surface area contributed by atoms with Crippen molar-refractivity contribution in [2.45, 2.75) is 6.42 Å². The molecule has 0 bridgehead atoms. The molecule has 2 heterocycles. The smallest absolute Gasteiger partial charge is 0.194 e. The summed E-state index contributed by atoms with van der Waals surface area (Å²) in [4.78, 5) is 19.9. The highest BCUT2D eigenvalue weighted by Crippen LogP contribution is 2.40. The monoisotopic (exact) mass is 374 g/mol. The van der Waals surface area contributed by atoms with Crippen molar-refractivity contribution >= 4 is 16.6 Å². The Morgan fingerprint density at radius 1 is 1.00 bits per heavy atom. The zero-order chi connectivity index (χ0) is 18.9. The molecule has 0 atom stereocenters. The minimum absolute atomic E-state index is 0.0555.